The van der Waals surface area contributed by atoms with Gasteiger partial charge in [0.15, 0.2) is 0 Å². The van der Waals surface area contributed by atoms with Crippen LogP contribution < -0.4 is 0 Å². The minimum absolute atomic E-state index is 1.08. The fourth-order valence-electron chi connectivity index (χ4n) is 3.44. The van der Waals surface area contributed by atoms with Gasteiger partial charge in [0.2, 0.25) is 0 Å². The molecule has 3 nitrogen and oxygen atoms in total. The highest BCUT2D eigenvalue weighted by molar-refractivity contribution is 9.10. The van der Waals surface area contributed by atoms with Crippen LogP contribution in [0.1, 0.15) is 17.1 Å². The van der Waals surface area contributed by atoms with Gasteiger partial charge >= 0.3 is 0 Å². The molecule has 1 aromatic carbocycles. The number of halogens is 1. The first-order chi connectivity index (χ1) is 11.0. The molecule has 0 amide bonds. The fraction of sp³-hybridized carbons (Fsp3) is 0.211. The van der Waals surface area contributed by atoms with Crippen LogP contribution in [0.15, 0.2) is 41.0 Å². The molecule has 4 aromatic rings. The maximum Gasteiger partial charge on any atom is 0.0749 e. The van der Waals surface area contributed by atoms with Crippen molar-refractivity contribution in [3.05, 3.63) is 58.1 Å². The number of nitrogens with zero attached hydrogens (tertiary/aromatic N) is 3. The molecule has 0 saturated heterocycles. The average Bonchev–Trinajstić information content (AvgIpc) is 3.04. The molecule has 0 aliphatic rings. The molecule has 0 bridgehead atoms. The SMILES string of the molecule is Cc1nn2cc(-c3ccc(Br)cc3)cc2c2c(C)n(C)c(C)c12. The maximum atomic E-state index is 4.78. The Morgan fingerprint density at radius 1 is 0.913 bits per heavy atom. The number of fused-ring (bicyclic) bond motifs is 3. The number of rotatable bonds is 1. The quantitative estimate of drug-likeness (QED) is 0.454. The van der Waals surface area contributed by atoms with Crippen molar-refractivity contribution in [1.29, 1.82) is 0 Å². The third-order valence-corrected chi connectivity index (χ3v) is 5.36. The van der Waals surface area contributed by atoms with Crippen LogP contribution in [0.4, 0.5) is 0 Å². The van der Waals surface area contributed by atoms with Crippen LogP contribution in [-0.4, -0.2) is 14.2 Å². The van der Waals surface area contributed by atoms with E-state index in [9.17, 15) is 0 Å². The van der Waals surface area contributed by atoms with Gasteiger partial charge in [0.1, 0.15) is 0 Å². The average molecular weight is 368 g/mol. The third-order valence-electron chi connectivity index (χ3n) is 4.83. The molecule has 0 fully saturated rings. The smallest absolute Gasteiger partial charge is 0.0749 e. The molecule has 0 unspecified atom stereocenters. The first kappa shape index (κ1) is 14.5. The Morgan fingerprint density at radius 3 is 2.26 bits per heavy atom. The highest BCUT2D eigenvalue weighted by Gasteiger charge is 2.16. The van der Waals surface area contributed by atoms with Crippen LogP contribution in [0.5, 0.6) is 0 Å². The Kier molecular flexibility index (Phi) is 3.13. The molecular formula is C19H18BrN3. The van der Waals surface area contributed by atoms with Gasteiger partial charge in [-0.15, -0.1) is 0 Å². The van der Waals surface area contributed by atoms with Crippen molar-refractivity contribution in [2.24, 2.45) is 7.05 Å². The van der Waals surface area contributed by atoms with E-state index in [1.165, 1.54) is 38.8 Å². The van der Waals surface area contributed by atoms with Crippen molar-refractivity contribution in [2.75, 3.05) is 0 Å². The van der Waals surface area contributed by atoms with E-state index in [-0.39, 0.29) is 0 Å². The summed E-state index contributed by atoms with van der Waals surface area (Å²) in [5.41, 5.74) is 7.20. The maximum absolute atomic E-state index is 4.78. The first-order valence-corrected chi connectivity index (χ1v) is 8.47. The first-order valence-electron chi connectivity index (χ1n) is 7.68. The molecule has 4 rings (SSSR count). The van der Waals surface area contributed by atoms with E-state index in [4.69, 9.17) is 5.10 Å². The number of hydrogen-bond acceptors (Lipinski definition) is 1. The fourth-order valence-corrected chi connectivity index (χ4v) is 3.70. The second-order valence-electron chi connectivity index (χ2n) is 6.13. The van der Waals surface area contributed by atoms with Crippen LogP contribution in [0.25, 0.3) is 27.4 Å². The van der Waals surface area contributed by atoms with Gasteiger partial charge in [-0.25, -0.2) is 4.52 Å². The van der Waals surface area contributed by atoms with Crippen LogP contribution in [0.3, 0.4) is 0 Å². The summed E-state index contributed by atoms with van der Waals surface area (Å²) in [6.07, 6.45) is 2.12. The van der Waals surface area contributed by atoms with Crippen LogP contribution in [0, 0.1) is 20.8 Å². The van der Waals surface area contributed by atoms with E-state index >= 15 is 0 Å². The van der Waals surface area contributed by atoms with Gasteiger partial charge in [0.05, 0.1) is 11.2 Å². The highest BCUT2D eigenvalue weighted by Crippen LogP contribution is 2.33. The standard InChI is InChI=1S/C19H18BrN3/c1-11-18-12(2)22(4)13(3)19(18)17-9-15(10-23(17)21-11)14-5-7-16(20)8-6-14/h5-10H,1-4H3. The molecule has 3 aromatic heterocycles. The van der Waals surface area contributed by atoms with Gasteiger partial charge in [-0.05, 0) is 44.5 Å². The van der Waals surface area contributed by atoms with E-state index in [1.54, 1.807) is 0 Å². The summed E-state index contributed by atoms with van der Waals surface area (Å²) < 4.78 is 5.36. The molecule has 4 heteroatoms. The lowest BCUT2D eigenvalue weighted by molar-refractivity contribution is 0.851. The van der Waals surface area contributed by atoms with E-state index in [0.717, 1.165) is 10.2 Å². The minimum Gasteiger partial charge on any atom is -0.351 e. The lowest BCUT2D eigenvalue weighted by Gasteiger charge is -2.01. The van der Waals surface area contributed by atoms with Crippen molar-refractivity contribution < 1.29 is 0 Å². The topological polar surface area (TPSA) is 22.2 Å². The molecule has 23 heavy (non-hydrogen) atoms. The Hall–Kier alpha value is -2.07. The van der Waals surface area contributed by atoms with Crippen molar-refractivity contribution in [2.45, 2.75) is 20.8 Å². The summed E-state index contributed by atoms with van der Waals surface area (Å²) in [6.45, 7) is 6.44. The van der Waals surface area contributed by atoms with Gasteiger partial charge in [-0.2, -0.15) is 5.10 Å². The predicted molar refractivity (Wildman–Crippen MR) is 99.0 cm³/mol. The van der Waals surface area contributed by atoms with Gasteiger partial charge in [-0.3, -0.25) is 0 Å². The molecule has 0 saturated carbocycles. The van der Waals surface area contributed by atoms with Crippen LogP contribution in [-0.2, 0) is 7.05 Å². The minimum atomic E-state index is 1.08. The summed E-state index contributed by atoms with van der Waals surface area (Å²) in [4.78, 5) is 0. The molecule has 0 aliphatic carbocycles. The molecule has 116 valence electrons. The number of benzene rings is 1. The van der Waals surface area contributed by atoms with Crippen molar-refractivity contribution in [3.63, 3.8) is 0 Å². The van der Waals surface area contributed by atoms with Gasteiger partial charge in [-0.1, -0.05) is 28.1 Å². The second kappa shape index (κ2) is 4.96. The van der Waals surface area contributed by atoms with Crippen LogP contribution in [0.2, 0.25) is 0 Å². The Balaban J connectivity index is 2.07. The van der Waals surface area contributed by atoms with E-state index in [1.807, 2.05) is 4.52 Å². The molecule has 3 heterocycles. The summed E-state index contributed by atoms with van der Waals surface area (Å²) in [6, 6.07) is 10.6. The van der Waals surface area contributed by atoms with E-state index in [0.29, 0.717) is 0 Å². The van der Waals surface area contributed by atoms with Crippen molar-refractivity contribution in [1.82, 2.24) is 14.2 Å². The van der Waals surface area contributed by atoms with E-state index < -0.39 is 0 Å². The zero-order chi connectivity index (χ0) is 16.3. The highest BCUT2D eigenvalue weighted by atomic mass is 79.9. The molecular weight excluding hydrogens is 350 g/mol. The second-order valence-corrected chi connectivity index (χ2v) is 7.05. The molecule has 0 spiro atoms. The Bertz CT molecular complexity index is 1050. The van der Waals surface area contributed by atoms with Crippen molar-refractivity contribution >= 4 is 32.2 Å². The van der Waals surface area contributed by atoms with Crippen molar-refractivity contribution in [3.8, 4) is 11.1 Å². The number of aryl methyl sites for hydroxylation is 3. The summed E-state index contributed by atoms with van der Waals surface area (Å²) in [5, 5.41) is 7.36. The lowest BCUT2D eigenvalue weighted by atomic mass is 10.1. The lowest BCUT2D eigenvalue weighted by Crippen LogP contribution is -1.94. The predicted octanol–water partition coefficient (Wildman–Crippen LogP) is 5.18. The zero-order valence-electron chi connectivity index (χ0n) is 13.7. The molecule has 0 aliphatic heterocycles. The van der Waals surface area contributed by atoms with Crippen LogP contribution >= 0.6 is 15.9 Å². The largest absolute Gasteiger partial charge is 0.351 e. The normalized spacial score (nSPS) is 11.7. The Labute approximate surface area is 143 Å². The van der Waals surface area contributed by atoms with Gasteiger partial charge < -0.3 is 4.57 Å². The Morgan fingerprint density at radius 2 is 1.57 bits per heavy atom. The number of aromatic nitrogens is 3. The molecule has 0 radical (unpaired) electrons. The van der Waals surface area contributed by atoms with Gasteiger partial charge in [0.25, 0.3) is 0 Å². The number of hydrogen-bond donors (Lipinski definition) is 0. The summed E-state index contributed by atoms with van der Waals surface area (Å²) in [7, 11) is 2.12. The summed E-state index contributed by atoms with van der Waals surface area (Å²) >= 11 is 3.49. The zero-order valence-corrected chi connectivity index (χ0v) is 15.3. The third kappa shape index (κ3) is 2.05. The summed E-state index contributed by atoms with van der Waals surface area (Å²) in [5.74, 6) is 0. The monoisotopic (exact) mass is 367 g/mol. The molecule has 0 atom stereocenters. The van der Waals surface area contributed by atoms with E-state index in [2.05, 4.69) is 84.8 Å². The van der Waals surface area contributed by atoms with Gasteiger partial charge in [0, 0.05) is 45.4 Å². The molecule has 0 N–H and O–H groups in total.